The van der Waals surface area contributed by atoms with Gasteiger partial charge in [-0.05, 0) is 49.9 Å². The topological polar surface area (TPSA) is 61.4 Å². The molecule has 2 aromatic carbocycles. The summed E-state index contributed by atoms with van der Waals surface area (Å²) < 4.78 is 0. The van der Waals surface area contributed by atoms with Crippen LogP contribution in [0.4, 0.5) is 10.5 Å². The summed E-state index contributed by atoms with van der Waals surface area (Å²) >= 11 is 0. The van der Waals surface area contributed by atoms with Crippen LogP contribution in [0.2, 0.25) is 0 Å². The number of carbonyl (C=O) groups is 1. The number of aliphatic hydroxyl groups excluding tert-OH is 1. The van der Waals surface area contributed by atoms with Crippen molar-refractivity contribution in [3.63, 3.8) is 0 Å². The van der Waals surface area contributed by atoms with E-state index in [-0.39, 0.29) is 12.1 Å². The fraction of sp³-hybridized carbons (Fsp3) is 0.316. The van der Waals surface area contributed by atoms with Crippen LogP contribution >= 0.6 is 0 Å². The van der Waals surface area contributed by atoms with Gasteiger partial charge in [0.2, 0.25) is 0 Å². The molecule has 0 fully saturated rings. The molecule has 0 aliphatic carbocycles. The number of benzene rings is 2. The highest BCUT2D eigenvalue weighted by Crippen LogP contribution is 2.19. The number of amides is 2. The molecule has 2 rings (SSSR count). The van der Waals surface area contributed by atoms with Crippen LogP contribution in [0.1, 0.15) is 36.1 Å². The van der Waals surface area contributed by atoms with Crippen LogP contribution in [-0.2, 0) is 0 Å². The smallest absolute Gasteiger partial charge is 0.319 e. The lowest BCUT2D eigenvalue weighted by molar-refractivity contribution is 0.155. The van der Waals surface area contributed by atoms with Crippen LogP contribution in [0.5, 0.6) is 0 Å². The molecule has 2 amide bonds. The normalized spacial score (nSPS) is 13.2. The van der Waals surface area contributed by atoms with Gasteiger partial charge >= 0.3 is 6.03 Å². The maximum Gasteiger partial charge on any atom is 0.319 e. The van der Waals surface area contributed by atoms with Crippen LogP contribution in [-0.4, -0.2) is 17.2 Å². The Morgan fingerprint density at radius 2 is 1.78 bits per heavy atom. The van der Waals surface area contributed by atoms with Crippen LogP contribution in [0.3, 0.4) is 0 Å². The Morgan fingerprint density at radius 1 is 1.09 bits per heavy atom. The molecule has 23 heavy (non-hydrogen) atoms. The van der Waals surface area contributed by atoms with Crippen molar-refractivity contribution in [1.29, 1.82) is 0 Å². The predicted molar refractivity (Wildman–Crippen MR) is 93.6 cm³/mol. The van der Waals surface area contributed by atoms with Gasteiger partial charge in [0, 0.05) is 11.7 Å². The zero-order valence-electron chi connectivity index (χ0n) is 13.8. The van der Waals surface area contributed by atoms with Crippen molar-refractivity contribution in [2.45, 2.75) is 39.3 Å². The Labute approximate surface area is 137 Å². The molecule has 4 nitrogen and oxygen atoms in total. The van der Waals surface area contributed by atoms with Gasteiger partial charge in [0.15, 0.2) is 0 Å². The van der Waals surface area contributed by atoms with Gasteiger partial charge in [0.25, 0.3) is 0 Å². The molecule has 122 valence electrons. The van der Waals surface area contributed by atoms with Gasteiger partial charge in [0.1, 0.15) is 0 Å². The molecule has 0 aliphatic rings. The van der Waals surface area contributed by atoms with E-state index in [1.54, 1.807) is 0 Å². The van der Waals surface area contributed by atoms with Crippen molar-refractivity contribution in [3.8, 4) is 0 Å². The van der Waals surface area contributed by atoms with E-state index in [4.69, 9.17) is 0 Å². The number of hydrogen-bond donors (Lipinski definition) is 3. The molecule has 0 bridgehead atoms. The number of aryl methyl sites for hydroxylation is 1. The lowest BCUT2D eigenvalue weighted by Gasteiger charge is -2.19. The second-order valence-electron chi connectivity index (χ2n) is 5.91. The summed E-state index contributed by atoms with van der Waals surface area (Å²) in [5.74, 6) is 0. The average Bonchev–Trinajstić information content (AvgIpc) is 2.52. The van der Waals surface area contributed by atoms with Gasteiger partial charge < -0.3 is 15.7 Å². The lowest BCUT2D eigenvalue weighted by Crippen LogP contribution is -2.37. The van der Waals surface area contributed by atoms with Crippen LogP contribution in [0.15, 0.2) is 48.5 Å². The first-order valence-electron chi connectivity index (χ1n) is 7.84. The third kappa shape index (κ3) is 4.83. The van der Waals surface area contributed by atoms with E-state index in [2.05, 4.69) is 10.6 Å². The number of nitrogens with one attached hydrogen (secondary N) is 2. The van der Waals surface area contributed by atoms with Crippen molar-refractivity contribution in [1.82, 2.24) is 5.32 Å². The molecule has 0 aliphatic heterocycles. The summed E-state index contributed by atoms with van der Waals surface area (Å²) in [5, 5.41) is 15.9. The van der Waals surface area contributed by atoms with E-state index in [1.165, 1.54) is 0 Å². The van der Waals surface area contributed by atoms with E-state index in [0.717, 1.165) is 22.4 Å². The second-order valence-corrected chi connectivity index (χ2v) is 5.91. The number of hydrogen-bond acceptors (Lipinski definition) is 2. The fourth-order valence-corrected chi connectivity index (χ4v) is 2.47. The van der Waals surface area contributed by atoms with E-state index >= 15 is 0 Å². The molecule has 0 heterocycles. The van der Waals surface area contributed by atoms with E-state index in [9.17, 15) is 9.90 Å². The van der Waals surface area contributed by atoms with Gasteiger partial charge in [0.05, 0.1) is 6.10 Å². The SMILES string of the molecule is Cc1cccc(NC(=O)NC(C)CC(O)c2ccccc2)c1C. The molecule has 2 aromatic rings. The van der Waals surface area contributed by atoms with Crippen molar-refractivity contribution >= 4 is 11.7 Å². The molecule has 2 atom stereocenters. The number of carbonyl (C=O) groups excluding carboxylic acids is 1. The fourth-order valence-electron chi connectivity index (χ4n) is 2.47. The van der Waals surface area contributed by atoms with Gasteiger partial charge in [-0.15, -0.1) is 0 Å². The molecule has 2 unspecified atom stereocenters. The van der Waals surface area contributed by atoms with Crippen molar-refractivity contribution in [2.75, 3.05) is 5.32 Å². The Bertz CT molecular complexity index is 656. The summed E-state index contributed by atoms with van der Waals surface area (Å²) in [6.45, 7) is 5.87. The predicted octanol–water partition coefficient (Wildman–Crippen LogP) is 3.94. The quantitative estimate of drug-likeness (QED) is 0.783. The number of rotatable bonds is 5. The van der Waals surface area contributed by atoms with Crippen molar-refractivity contribution in [3.05, 3.63) is 65.2 Å². The maximum absolute atomic E-state index is 12.1. The minimum absolute atomic E-state index is 0.143. The average molecular weight is 312 g/mol. The van der Waals surface area contributed by atoms with Gasteiger partial charge in [-0.3, -0.25) is 0 Å². The largest absolute Gasteiger partial charge is 0.388 e. The minimum atomic E-state index is -0.591. The molecule has 0 aromatic heterocycles. The Hall–Kier alpha value is -2.33. The van der Waals surface area contributed by atoms with Gasteiger partial charge in [-0.25, -0.2) is 4.79 Å². The molecule has 3 N–H and O–H groups in total. The zero-order chi connectivity index (χ0) is 16.8. The molecule has 0 saturated carbocycles. The molecular weight excluding hydrogens is 288 g/mol. The van der Waals surface area contributed by atoms with Gasteiger partial charge in [-0.1, -0.05) is 42.5 Å². The number of anilines is 1. The summed E-state index contributed by atoms with van der Waals surface area (Å²) in [6.07, 6.45) is -0.128. The highest BCUT2D eigenvalue weighted by molar-refractivity contribution is 5.90. The van der Waals surface area contributed by atoms with Crippen molar-refractivity contribution in [2.24, 2.45) is 0 Å². The summed E-state index contributed by atoms with van der Waals surface area (Å²) in [7, 11) is 0. The van der Waals surface area contributed by atoms with E-state index in [0.29, 0.717) is 6.42 Å². The Kier molecular flexibility index (Phi) is 5.77. The summed E-state index contributed by atoms with van der Waals surface area (Å²) in [5.41, 5.74) is 3.85. The highest BCUT2D eigenvalue weighted by atomic mass is 16.3. The summed E-state index contributed by atoms with van der Waals surface area (Å²) in [4.78, 5) is 12.1. The van der Waals surface area contributed by atoms with Gasteiger partial charge in [-0.2, -0.15) is 0 Å². The minimum Gasteiger partial charge on any atom is -0.388 e. The molecule has 4 heteroatoms. The zero-order valence-corrected chi connectivity index (χ0v) is 13.8. The Morgan fingerprint density at radius 3 is 2.48 bits per heavy atom. The molecular formula is C19H24N2O2. The highest BCUT2D eigenvalue weighted by Gasteiger charge is 2.14. The molecule has 0 radical (unpaired) electrons. The summed E-state index contributed by atoms with van der Waals surface area (Å²) in [6, 6.07) is 14.9. The maximum atomic E-state index is 12.1. The number of urea groups is 1. The second kappa shape index (κ2) is 7.79. The monoisotopic (exact) mass is 312 g/mol. The Balaban J connectivity index is 1.88. The molecule has 0 spiro atoms. The van der Waals surface area contributed by atoms with Crippen LogP contribution in [0.25, 0.3) is 0 Å². The third-order valence-electron chi connectivity index (χ3n) is 3.99. The third-order valence-corrected chi connectivity index (χ3v) is 3.99. The lowest BCUT2D eigenvalue weighted by atomic mass is 10.0. The van der Waals surface area contributed by atoms with Crippen LogP contribution in [0, 0.1) is 13.8 Å². The van der Waals surface area contributed by atoms with Crippen molar-refractivity contribution < 1.29 is 9.90 Å². The first-order valence-corrected chi connectivity index (χ1v) is 7.84. The van der Waals surface area contributed by atoms with E-state index in [1.807, 2.05) is 69.3 Å². The standard InChI is InChI=1S/C19H24N2O2/c1-13-8-7-11-17(15(13)3)21-19(23)20-14(2)12-18(22)16-9-5-4-6-10-16/h4-11,14,18,22H,12H2,1-3H3,(H2,20,21,23). The van der Waals surface area contributed by atoms with E-state index < -0.39 is 6.10 Å². The first-order chi connectivity index (χ1) is 11.0. The number of aliphatic hydroxyl groups is 1. The van der Waals surface area contributed by atoms with Crippen LogP contribution < -0.4 is 10.6 Å². The first kappa shape index (κ1) is 17.0. The molecule has 0 saturated heterocycles.